The fourth-order valence-corrected chi connectivity index (χ4v) is 2.13. The van der Waals surface area contributed by atoms with Crippen LogP contribution in [0.3, 0.4) is 0 Å². The summed E-state index contributed by atoms with van der Waals surface area (Å²) in [6, 6.07) is 0.150. The molecule has 16 heavy (non-hydrogen) atoms. The first-order chi connectivity index (χ1) is 7.83. The maximum atomic E-state index is 12.1. The molecule has 2 heterocycles. The summed E-state index contributed by atoms with van der Waals surface area (Å²) in [4.78, 5) is 17.4. The van der Waals surface area contributed by atoms with Crippen LogP contribution in [-0.2, 0) is 14.4 Å². The van der Waals surface area contributed by atoms with Crippen molar-refractivity contribution in [2.75, 3.05) is 32.9 Å². The molecule has 0 radical (unpaired) electrons. The van der Waals surface area contributed by atoms with E-state index in [9.17, 15) is 4.79 Å². The summed E-state index contributed by atoms with van der Waals surface area (Å²) in [7, 11) is 0. The minimum Gasteiger partial charge on any atom is -0.379 e. The summed E-state index contributed by atoms with van der Waals surface area (Å²) in [6.45, 7) is 5.56. The lowest BCUT2D eigenvalue weighted by molar-refractivity contribution is -0.173. The smallest absolute Gasteiger partial charge is 0.253 e. The summed E-state index contributed by atoms with van der Waals surface area (Å²) in [5.41, 5.74) is 0. The molecule has 2 fully saturated rings. The highest BCUT2D eigenvalue weighted by Gasteiger charge is 2.37. The molecular weight excluding hydrogens is 208 g/mol. The topological polar surface area (TPSA) is 50.8 Å². The summed E-state index contributed by atoms with van der Waals surface area (Å²) in [5.74, 6) is -0.00625. The van der Waals surface area contributed by atoms with E-state index in [4.69, 9.17) is 9.57 Å². The van der Waals surface area contributed by atoms with Gasteiger partial charge in [-0.2, -0.15) is 0 Å². The molecule has 92 valence electrons. The Balaban J connectivity index is 1.88. The van der Waals surface area contributed by atoms with Gasteiger partial charge in [0, 0.05) is 6.04 Å². The number of carbonyl (C=O) groups excluding carboxylic acids is 1. The first-order valence-corrected chi connectivity index (χ1v) is 6.08. The van der Waals surface area contributed by atoms with Gasteiger partial charge < -0.3 is 10.1 Å². The molecule has 2 unspecified atom stereocenters. The van der Waals surface area contributed by atoms with Crippen molar-refractivity contribution >= 4 is 5.91 Å². The molecule has 5 nitrogen and oxygen atoms in total. The van der Waals surface area contributed by atoms with Crippen LogP contribution in [0.25, 0.3) is 0 Å². The van der Waals surface area contributed by atoms with Crippen LogP contribution in [0.2, 0.25) is 0 Å². The molecule has 1 amide bonds. The molecule has 0 bridgehead atoms. The van der Waals surface area contributed by atoms with Crippen LogP contribution in [0.1, 0.15) is 19.8 Å². The Morgan fingerprint density at radius 2 is 2.38 bits per heavy atom. The molecule has 5 heteroatoms. The fraction of sp³-hybridized carbons (Fsp3) is 0.909. The van der Waals surface area contributed by atoms with Gasteiger partial charge in [-0.15, -0.1) is 0 Å². The van der Waals surface area contributed by atoms with Crippen LogP contribution in [0, 0.1) is 5.92 Å². The third-order valence-electron chi connectivity index (χ3n) is 3.05. The van der Waals surface area contributed by atoms with E-state index >= 15 is 0 Å². The normalized spacial score (nSPS) is 29.9. The van der Waals surface area contributed by atoms with Crippen molar-refractivity contribution in [2.24, 2.45) is 5.92 Å². The molecule has 2 aliphatic rings. The SMILES string of the molecule is CCCNC1COCC1C(=O)N1CCCO1. The van der Waals surface area contributed by atoms with Crippen LogP contribution < -0.4 is 5.32 Å². The Morgan fingerprint density at radius 3 is 3.06 bits per heavy atom. The number of nitrogens with one attached hydrogen (secondary N) is 1. The number of hydrogen-bond donors (Lipinski definition) is 1. The number of carbonyl (C=O) groups is 1. The van der Waals surface area contributed by atoms with E-state index in [2.05, 4.69) is 12.2 Å². The van der Waals surface area contributed by atoms with Gasteiger partial charge >= 0.3 is 0 Å². The van der Waals surface area contributed by atoms with Crippen molar-refractivity contribution in [3.63, 3.8) is 0 Å². The first kappa shape index (κ1) is 11.8. The zero-order chi connectivity index (χ0) is 11.4. The van der Waals surface area contributed by atoms with Crippen molar-refractivity contribution in [3.05, 3.63) is 0 Å². The Bertz CT molecular complexity index is 241. The number of amides is 1. The Hall–Kier alpha value is -0.650. The zero-order valence-corrected chi connectivity index (χ0v) is 9.78. The minimum atomic E-state index is -0.0790. The number of rotatable bonds is 4. The third kappa shape index (κ3) is 2.53. The summed E-state index contributed by atoms with van der Waals surface area (Å²) >= 11 is 0. The average molecular weight is 228 g/mol. The molecule has 0 aromatic carbocycles. The maximum Gasteiger partial charge on any atom is 0.253 e. The second-order valence-corrected chi connectivity index (χ2v) is 4.33. The second kappa shape index (κ2) is 5.61. The standard InChI is InChI=1S/C11H20N2O3/c1-2-4-12-10-8-15-7-9(10)11(14)13-5-3-6-16-13/h9-10,12H,2-8H2,1H3. The molecule has 1 N–H and O–H groups in total. The monoisotopic (exact) mass is 228 g/mol. The van der Waals surface area contributed by atoms with Crippen LogP contribution in [-0.4, -0.2) is 49.9 Å². The Morgan fingerprint density at radius 1 is 1.50 bits per heavy atom. The predicted molar refractivity (Wildman–Crippen MR) is 58.7 cm³/mol. The molecule has 0 spiro atoms. The lowest BCUT2D eigenvalue weighted by Crippen LogP contribution is -2.44. The van der Waals surface area contributed by atoms with E-state index < -0.39 is 0 Å². The molecule has 0 aromatic heterocycles. The van der Waals surface area contributed by atoms with Crippen molar-refractivity contribution in [1.29, 1.82) is 0 Å². The molecule has 2 atom stereocenters. The van der Waals surface area contributed by atoms with Crippen molar-refractivity contribution in [2.45, 2.75) is 25.8 Å². The predicted octanol–water partition coefficient (Wildman–Crippen LogP) is 0.165. The number of nitrogens with zero attached hydrogens (tertiary/aromatic N) is 1. The largest absolute Gasteiger partial charge is 0.379 e. The van der Waals surface area contributed by atoms with E-state index in [1.54, 1.807) is 0 Å². The maximum absolute atomic E-state index is 12.1. The summed E-state index contributed by atoms with van der Waals surface area (Å²) < 4.78 is 5.38. The quantitative estimate of drug-likeness (QED) is 0.745. The number of ether oxygens (including phenoxy) is 1. The molecule has 0 aliphatic carbocycles. The highest BCUT2D eigenvalue weighted by Crippen LogP contribution is 2.19. The molecule has 2 saturated heterocycles. The van der Waals surface area contributed by atoms with E-state index in [-0.39, 0.29) is 17.9 Å². The Kier molecular flexibility index (Phi) is 4.15. The third-order valence-corrected chi connectivity index (χ3v) is 3.05. The highest BCUT2D eigenvalue weighted by molar-refractivity contribution is 5.79. The van der Waals surface area contributed by atoms with Gasteiger partial charge in [0.2, 0.25) is 0 Å². The number of hydroxylamine groups is 2. The van der Waals surface area contributed by atoms with Gasteiger partial charge in [0.1, 0.15) is 0 Å². The molecule has 0 aromatic rings. The lowest BCUT2D eigenvalue weighted by atomic mass is 10.0. The van der Waals surface area contributed by atoms with E-state index in [1.165, 1.54) is 5.06 Å². The second-order valence-electron chi connectivity index (χ2n) is 4.33. The van der Waals surface area contributed by atoms with Crippen LogP contribution >= 0.6 is 0 Å². The van der Waals surface area contributed by atoms with Crippen LogP contribution in [0.15, 0.2) is 0 Å². The zero-order valence-electron chi connectivity index (χ0n) is 9.78. The lowest BCUT2D eigenvalue weighted by Gasteiger charge is -2.22. The van der Waals surface area contributed by atoms with E-state index in [0.29, 0.717) is 19.8 Å². The van der Waals surface area contributed by atoms with Crippen LogP contribution in [0.4, 0.5) is 0 Å². The van der Waals surface area contributed by atoms with Crippen molar-refractivity contribution < 1.29 is 14.4 Å². The van der Waals surface area contributed by atoms with Gasteiger partial charge in [-0.25, -0.2) is 5.06 Å². The minimum absolute atomic E-state index is 0.0728. The molecule has 0 saturated carbocycles. The van der Waals surface area contributed by atoms with Crippen molar-refractivity contribution in [3.8, 4) is 0 Å². The van der Waals surface area contributed by atoms with Crippen LogP contribution in [0.5, 0.6) is 0 Å². The highest BCUT2D eigenvalue weighted by atomic mass is 16.7. The van der Waals surface area contributed by atoms with Gasteiger partial charge in [0.25, 0.3) is 5.91 Å². The summed E-state index contributed by atoms with van der Waals surface area (Å²) in [6.07, 6.45) is 2.00. The van der Waals surface area contributed by atoms with E-state index in [0.717, 1.165) is 25.9 Å². The average Bonchev–Trinajstić information content (AvgIpc) is 2.96. The Labute approximate surface area is 96.0 Å². The summed E-state index contributed by atoms with van der Waals surface area (Å²) in [5, 5.41) is 4.86. The fourth-order valence-electron chi connectivity index (χ4n) is 2.13. The molecular formula is C11H20N2O3. The van der Waals surface area contributed by atoms with Gasteiger partial charge in [0.15, 0.2) is 0 Å². The number of hydrogen-bond acceptors (Lipinski definition) is 4. The molecule has 2 aliphatic heterocycles. The van der Waals surface area contributed by atoms with E-state index in [1.807, 2.05) is 0 Å². The first-order valence-electron chi connectivity index (χ1n) is 6.08. The van der Waals surface area contributed by atoms with Gasteiger partial charge in [0.05, 0.1) is 32.3 Å². The van der Waals surface area contributed by atoms with Crippen molar-refractivity contribution in [1.82, 2.24) is 10.4 Å². The van der Waals surface area contributed by atoms with Gasteiger partial charge in [-0.1, -0.05) is 6.92 Å². The van der Waals surface area contributed by atoms with Gasteiger partial charge in [-0.05, 0) is 19.4 Å². The van der Waals surface area contributed by atoms with Gasteiger partial charge in [-0.3, -0.25) is 9.63 Å². The molecule has 2 rings (SSSR count).